The Labute approximate surface area is 166 Å². The van der Waals surface area contributed by atoms with E-state index in [1.165, 1.54) is 4.90 Å². The first kappa shape index (κ1) is 20.8. The largest absolute Gasteiger partial charge is 0.465 e. The first-order valence-electron chi connectivity index (χ1n) is 10.3. The molecule has 3 rings (SSSR count). The highest BCUT2D eigenvalue weighted by molar-refractivity contribution is 5.79. The molecule has 2 fully saturated rings. The van der Waals surface area contributed by atoms with Crippen LogP contribution in [0.15, 0.2) is 6.20 Å². The Hall–Kier alpha value is -1.93. The van der Waals surface area contributed by atoms with Gasteiger partial charge in [-0.3, -0.25) is 4.79 Å². The predicted molar refractivity (Wildman–Crippen MR) is 104 cm³/mol. The summed E-state index contributed by atoms with van der Waals surface area (Å²) in [5.74, 6) is 0.661. The van der Waals surface area contributed by atoms with Crippen LogP contribution in [0, 0.1) is 0 Å². The number of hydrogen-bond donors (Lipinski definition) is 1. The molecule has 28 heavy (non-hydrogen) atoms. The van der Waals surface area contributed by atoms with Crippen molar-refractivity contribution in [3.05, 3.63) is 17.5 Å². The maximum absolute atomic E-state index is 11.7. The number of amides is 1. The normalized spacial score (nSPS) is 21.2. The summed E-state index contributed by atoms with van der Waals surface area (Å²) in [4.78, 5) is 26.1. The molecule has 1 unspecified atom stereocenters. The molecule has 2 aliphatic rings. The topological polar surface area (TPSA) is 87.9 Å². The lowest BCUT2D eigenvalue weighted by molar-refractivity contribution is -0.120. The molecular weight excluding hydrogens is 360 g/mol. The van der Waals surface area contributed by atoms with Crippen molar-refractivity contribution in [3.63, 3.8) is 0 Å². The number of aromatic nitrogens is 2. The minimum absolute atomic E-state index is 0.00470. The fraction of sp³-hybridized carbons (Fsp3) is 0.750. The molecule has 1 saturated carbocycles. The number of rotatable bonds is 7. The van der Waals surface area contributed by atoms with Crippen molar-refractivity contribution in [2.75, 3.05) is 33.8 Å². The summed E-state index contributed by atoms with van der Waals surface area (Å²) in [6, 6.07) is 0. The minimum atomic E-state index is -0.914. The number of hydrogen-bond acceptors (Lipinski definition) is 5. The van der Waals surface area contributed by atoms with E-state index in [4.69, 9.17) is 14.9 Å². The van der Waals surface area contributed by atoms with Crippen molar-refractivity contribution < 1.29 is 19.4 Å². The summed E-state index contributed by atoms with van der Waals surface area (Å²) in [6.07, 6.45) is 7.39. The van der Waals surface area contributed by atoms with Crippen molar-refractivity contribution in [1.82, 2.24) is 19.6 Å². The van der Waals surface area contributed by atoms with Gasteiger partial charge < -0.3 is 19.6 Å². The molecule has 1 saturated heterocycles. The number of ether oxygens (including phenoxy) is 1. The molecule has 8 nitrogen and oxygen atoms in total. The van der Waals surface area contributed by atoms with Gasteiger partial charge in [0.2, 0.25) is 0 Å². The van der Waals surface area contributed by atoms with E-state index in [0.29, 0.717) is 44.2 Å². The molecule has 1 amide bonds. The van der Waals surface area contributed by atoms with Gasteiger partial charge >= 0.3 is 6.09 Å². The maximum atomic E-state index is 11.7. The Kier molecular flexibility index (Phi) is 7.07. The Bertz CT molecular complexity index is 674. The second-order valence-corrected chi connectivity index (χ2v) is 8.10. The van der Waals surface area contributed by atoms with E-state index >= 15 is 0 Å². The molecule has 0 aromatic carbocycles. The fourth-order valence-corrected chi connectivity index (χ4v) is 3.99. The molecule has 0 bridgehead atoms. The zero-order valence-corrected chi connectivity index (χ0v) is 17.0. The highest BCUT2D eigenvalue weighted by Crippen LogP contribution is 2.34. The van der Waals surface area contributed by atoms with Crippen LogP contribution in [0.5, 0.6) is 0 Å². The van der Waals surface area contributed by atoms with Gasteiger partial charge in [0, 0.05) is 63.8 Å². The minimum Gasteiger partial charge on any atom is -0.465 e. The Morgan fingerprint density at radius 3 is 2.64 bits per heavy atom. The number of carboxylic acid groups (broad SMARTS) is 1. The fourth-order valence-electron chi connectivity index (χ4n) is 3.99. The van der Waals surface area contributed by atoms with Gasteiger partial charge in [-0.1, -0.05) is 0 Å². The molecule has 1 aliphatic carbocycles. The van der Waals surface area contributed by atoms with Crippen LogP contribution in [0.4, 0.5) is 4.79 Å². The number of carbonyl (C=O) groups is 2. The van der Waals surface area contributed by atoms with Crippen LogP contribution in [0.1, 0.15) is 68.3 Å². The van der Waals surface area contributed by atoms with Gasteiger partial charge in [0.05, 0.1) is 5.69 Å². The molecular formula is C20H32N4O4. The van der Waals surface area contributed by atoms with Crippen molar-refractivity contribution in [3.8, 4) is 0 Å². The van der Waals surface area contributed by atoms with Crippen LogP contribution in [0.25, 0.3) is 0 Å². The lowest BCUT2D eigenvalue weighted by Gasteiger charge is -2.23. The number of Topliss-reactive ketones (excluding diaryl/α,β-unsaturated/α-hetero) is 1. The van der Waals surface area contributed by atoms with E-state index in [-0.39, 0.29) is 6.23 Å². The van der Waals surface area contributed by atoms with Gasteiger partial charge in [0.1, 0.15) is 12.0 Å². The molecule has 1 N–H and O–H groups in total. The SMILES string of the molecule is CN(CCN(C)C(=O)O)Cc1cn(C2CCCCO2)nc1C1CCC(=O)CC1. The summed E-state index contributed by atoms with van der Waals surface area (Å²) in [5, 5.41) is 13.9. The third kappa shape index (κ3) is 5.32. The van der Waals surface area contributed by atoms with E-state index in [0.717, 1.165) is 50.0 Å². The number of carbonyl (C=O) groups excluding carboxylic acids is 1. The molecule has 0 radical (unpaired) electrons. The predicted octanol–water partition coefficient (Wildman–Crippen LogP) is 2.85. The lowest BCUT2D eigenvalue weighted by atomic mass is 9.85. The average molecular weight is 393 g/mol. The Balaban J connectivity index is 1.72. The second kappa shape index (κ2) is 9.52. The smallest absolute Gasteiger partial charge is 0.407 e. The Morgan fingerprint density at radius 2 is 2.00 bits per heavy atom. The highest BCUT2D eigenvalue weighted by Gasteiger charge is 2.27. The average Bonchev–Trinajstić information content (AvgIpc) is 3.11. The van der Waals surface area contributed by atoms with Crippen LogP contribution in [0.2, 0.25) is 0 Å². The van der Waals surface area contributed by atoms with Gasteiger partial charge in [0.25, 0.3) is 0 Å². The van der Waals surface area contributed by atoms with Gasteiger partial charge in [-0.25, -0.2) is 9.48 Å². The maximum Gasteiger partial charge on any atom is 0.407 e. The lowest BCUT2D eigenvalue weighted by Crippen LogP contribution is -2.33. The van der Waals surface area contributed by atoms with Crippen LogP contribution in [0.3, 0.4) is 0 Å². The van der Waals surface area contributed by atoms with E-state index in [1.54, 1.807) is 7.05 Å². The quantitative estimate of drug-likeness (QED) is 0.768. The third-order valence-corrected chi connectivity index (χ3v) is 5.80. The van der Waals surface area contributed by atoms with E-state index in [2.05, 4.69) is 11.1 Å². The monoisotopic (exact) mass is 392 g/mol. The summed E-state index contributed by atoms with van der Waals surface area (Å²) in [6.45, 7) is 2.59. The van der Waals surface area contributed by atoms with Crippen molar-refractivity contribution in [2.24, 2.45) is 0 Å². The number of likely N-dealkylation sites (N-methyl/N-ethyl adjacent to an activating group) is 2. The molecule has 1 atom stereocenters. The summed E-state index contributed by atoms with van der Waals surface area (Å²) in [5.41, 5.74) is 2.24. The zero-order valence-electron chi connectivity index (χ0n) is 17.0. The number of ketones is 1. The van der Waals surface area contributed by atoms with Crippen LogP contribution in [-0.4, -0.2) is 70.4 Å². The number of nitrogens with zero attached hydrogens (tertiary/aromatic N) is 4. The third-order valence-electron chi connectivity index (χ3n) is 5.80. The second-order valence-electron chi connectivity index (χ2n) is 8.10. The molecule has 1 aromatic heterocycles. The molecule has 1 aliphatic heterocycles. The van der Waals surface area contributed by atoms with Crippen molar-refractivity contribution >= 4 is 11.9 Å². The first-order chi connectivity index (χ1) is 13.4. The summed E-state index contributed by atoms with van der Waals surface area (Å²) in [7, 11) is 3.58. The van der Waals surface area contributed by atoms with Crippen LogP contribution >= 0.6 is 0 Å². The van der Waals surface area contributed by atoms with E-state index < -0.39 is 6.09 Å². The summed E-state index contributed by atoms with van der Waals surface area (Å²) < 4.78 is 7.88. The standard InChI is InChI=1S/C20H32N4O4/c1-22(10-11-23(2)20(26)27)13-16-14-24(18-5-3-4-12-28-18)21-19(16)15-6-8-17(25)9-7-15/h14-15,18H,3-13H2,1-2H3,(H,26,27). The molecule has 0 spiro atoms. The first-order valence-corrected chi connectivity index (χ1v) is 10.3. The molecule has 1 aromatic rings. The van der Waals surface area contributed by atoms with Gasteiger partial charge in [-0.15, -0.1) is 0 Å². The Morgan fingerprint density at radius 1 is 1.25 bits per heavy atom. The van der Waals surface area contributed by atoms with Gasteiger partial charge in [0.15, 0.2) is 0 Å². The van der Waals surface area contributed by atoms with Gasteiger partial charge in [-0.2, -0.15) is 5.10 Å². The van der Waals surface area contributed by atoms with E-state index in [9.17, 15) is 9.59 Å². The zero-order chi connectivity index (χ0) is 20.1. The van der Waals surface area contributed by atoms with Crippen molar-refractivity contribution in [2.45, 2.75) is 63.6 Å². The molecule has 8 heteroatoms. The van der Waals surface area contributed by atoms with Crippen LogP contribution < -0.4 is 0 Å². The molecule has 2 heterocycles. The summed E-state index contributed by atoms with van der Waals surface area (Å²) >= 11 is 0. The van der Waals surface area contributed by atoms with Crippen molar-refractivity contribution in [1.29, 1.82) is 0 Å². The van der Waals surface area contributed by atoms with Crippen LogP contribution in [-0.2, 0) is 16.1 Å². The highest BCUT2D eigenvalue weighted by atomic mass is 16.5. The molecule has 156 valence electrons. The van der Waals surface area contributed by atoms with Gasteiger partial charge in [-0.05, 0) is 39.2 Å². The van der Waals surface area contributed by atoms with E-state index in [1.807, 2.05) is 11.7 Å².